The number of nitrogens with two attached hydrogens (primary N) is 1. The topological polar surface area (TPSA) is 77.2 Å². The lowest BCUT2D eigenvalue weighted by atomic mass is 10.00. The number of amides is 1. The van der Waals surface area contributed by atoms with E-state index in [0.717, 1.165) is 49.3 Å². The van der Waals surface area contributed by atoms with Crippen molar-refractivity contribution in [1.82, 2.24) is 4.98 Å². The summed E-state index contributed by atoms with van der Waals surface area (Å²) in [4.78, 5) is 16.8. The highest BCUT2D eigenvalue weighted by molar-refractivity contribution is 7.14. The molecule has 2 atom stereocenters. The van der Waals surface area contributed by atoms with E-state index >= 15 is 0 Å². The maximum atomic E-state index is 12.2. The van der Waals surface area contributed by atoms with Crippen molar-refractivity contribution in [2.24, 2.45) is 11.7 Å². The number of hydrogen-bond acceptors (Lipinski definition) is 5. The van der Waals surface area contributed by atoms with Gasteiger partial charge in [0.15, 0.2) is 5.13 Å². The number of anilines is 1. The maximum absolute atomic E-state index is 12.2. The molecule has 0 spiro atoms. The van der Waals surface area contributed by atoms with Crippen LogP contribution in [0.4, 0.5) is 5.13 Å². The molecule has 0 radical (unpaired) electrons. The van der Waals surface area contributed by atoms with Gasteiger partial charge in [0.05, 0.1) is 12.3 Å². The Balaban J connectivity index is 1.42. The number of fused-ring (bicyclic) bond motifs is 1. The quantitative estimate of drug-likeness (QED) is 0.894. The zero-order chi connectivity index (χ0) is 16.5. The van der Waals surface area contributed by atoms with Gasteiger partial charge < -0.3 is 15.8 Å². The molecule has 0 bridgehead atoms. The minimum atomic E-state index is 0.0144. The predicted octanol–water partition coefficient (Wildman–Crippen LogP) is 3.20. The Morgan fingerprint density at radius 3 is 3.17 bits per heavy atom. The normalized spacial score (nSPS) is 22.2. The van der Waals surface area contributed by atoms with E-state index in [0.29, 0.717) is 17.5 Å². The summed E-state index contributed by atoms with van der Waals surface area (Å²) in [6, 6.07) is 6.30. The van der Waals surface area contributed by atoms with Gasteiger partial charge in [0.1, 0.15) is 5.75 Å². The Morgan fingerprint density at radius 1 is 1.42 bits per heavy atom. The first kappa shape index (κ1) is 15.6. The van der Waals surface area contributed by atoms with Gasteiger partial charge in [0, 0.05) is 29.8 Å². The van der Waals surface area contributed by atoms with Crippen LogP contribution in [0, 0.1) is 5.92 Å². The molecule has 5 nitrogen and oxygen atoms in total. The van der Waals surface area contributed by atoms with E-state index in [1.165, 1.54) is 16.9 Å². The molecule has 2 aromatic rings. The summed E-state index contributed by atoms with van der Waals surface area (Å²) in [5, 5.41) is 5.55. The third-order valence-corrected chi connectivity index (χ3v) is 5.66. The van der Waals surface area contributed by atoms with Crippen LogP contribution in [0.3, 0.4) is 0 Å². The van der Waals surface area contributed by atoms with Gasteiger partial charge >= 0.3 is 0 Å². The number of rotatable bonds is 4. The molecule has 1 fully saturated rings. The fourth-order valence-electron chi connectivity index (χ4n) is 3.54. The first-order valence-corrected chi connectivity index (χ1v) is 9.34. The van der Waals surface area contributed by atoms with Gasteiger partial charge in [-0.25, -0.2) is 4.98 Å². The average Bonchev–Trinajstić information content (AvgIpc) is 3.28. The Kier molecular flexibility index (Phi) is 4.24. The number of benzene rings is 1. The summed E-state index contributed by atoms with van der Waals surface area (Å²) >= 11 is 1.46. The third-order valence-electron chi connectivity index (χ3n) is 4.90. The summed E-state index contributed by atoms with van der Waals surface area (Å²) in [7, 11) is 0. The van der Waals surface area contributed by atoms with Crippen molar-refractivity contribution in [1.29, 1.82) is 0 Å². The molecule has 0 unspecified atom stereocenters. The largest absolute Gasteiger partial charge is 0.493 e. The lowest BCUT2D eigenvalue weighted by Crippen LogP contribution is -2.28. The molecular formula is C18H21N3O2S. The highest BCUT2D eigenvalue weighted by Crippen LogP contribution is 2.32. The van der Waals surface area contributed by atoms with E-state index < -0.39 is 0 Å². The number of aromatic nitrogens is 1. The fourth-order valence-corrected chi connectivity index (χ4v) is 4.27. The Hall–Kier alpha value is -1.92. The zero-order valence-electron chi connectivity index (χ0n) is 13.5. The molecule has 1 aliphatic heterocycles. The van der Waals surface area contributed by atoms with E-state index in [4.69, 9.17) is 10.5 Å². The fraction of sp³-hybridized carbons (Fsp3) is 0.444. The van der Waals surface area contributed by atoms with Crippen molar-refractivity contribution >= 4 is 22.4 Å². The molecule has 1 aliphatic carbocycles. The highest BCUT2D eigenvalue weighted by Gasteiger charge is 2.26. The molecule has 24 heavy (non-hydrogen) atoms. The number of carbonyl (C=O) groups is 1. The summed E-state index contributed by atoms with van der Waals surface area (Å²) in [6.07, 6.45) is 4.64. The van der Waals surface area contributed by atoms with Gasteiger partial charge in [-0.05, 0) is 42.5 Å². The zero-order valence-corrected chi connectivity index (χ0v) is 14.3. The Morgan fingerprint density at radius 2 is 2.33 bits per heavy atom. The summed E-state index contributed by atoms with van der Waals surface area (Å²) in [6.45, 7) is 0.750. The summed E-state index contributed by atoms with van der Waals surface area (Å²) < 4.78 is 5.53. The van der Waals surface area contributed by atoms with Crippen LogP contribution in [0.25, 0.3) is 11.3 Å². The number of nitrogens with zero attached hydrogens (tertiary/aromatic N) is 1. The van der Waals surface area contributed by atoms with E-state index in [9.17, 15) is 4.79 Å². The van der Waals surface area contributed by atoms with E-state index in [2.05, 4.69) is 16.4 Å². The molecule has 1 aromatic heterocycles. The summed E-state index contributed by atoms with van der Waals surface area (Å²) in [5.74, 6) is 1.29. The standard InChI is InChI=1S/C18H21N3O2S/c19-14-3-1-2-11(14)9-17(22)21-18-20-15(10-24-18)12-4-5-16-13(8-12)6-7-23-16/h4-5,8,10-11,14H,1-3,6-7,9,19H2,(H,20,21,22)/t11-,14+/m0/s1. The monoisotopic (exact) mass is 343 g/mol. The number of hydrogen-bond donors (Lipinski definition) is 2. The first-order chi connectivity index (χ1) is 11.7. The molecule has 4 rings (SSSR count). The Labute approximate surface area is 145 Å². The molecule has 2 heterocycles. The number of nitrogens with one attached hydrogen (secondary N) is 1. The van der Waals surface area contributed by atoms with Crippen LogP contribution in [0.15, 0.2) is 23.6 Å². The second-order valence-electron chi connectivity index (χ2n) is 6.57. The van der Waals surface area contributed by atoms with Crippen LogP contribution >= 0.6 is 11.3 Å². The molecule has 1 aromatic carbocycles. The SMILES string of the molecule is N[C@@H]1CCC[C@H]1CC(=O)Nc1nc(-c2ccc3c(c2)CCO3)cs1. The van der Waals surface area contributed by atoms with Gasteiger partial charge in [-0.2, -0.15) is 0 Å². The van der Waals surface area contributed by atoms with Gasteiger partial charge in [-0.3, -0.25) is 4.79 Å². The van der Waals surface area contributed by atoms with Gasteiger partial charge in [0.2, 0.25) is 5.91 Å². The number of thiazole rings is 1. The molecule has 6 heteroatoms. The van der Waals surface area contributed by atoms with Gasteiger partial charge in [-0.15, -0.1) is 11.3 Å². The van der Waals surface area contributed by atoms with Crippen molar-refractivity contribution in [3.63, 3.8) is 0 Å². The van der Waals surface area contributed by atoms with Gasteiger partial charge in [-0.1, -0.05) is 6.42 Å². The van der Waals surface area contributed by atoms with Crippen LogP contribution in [0.1, 0.15) is 31.2 Å². The molecule has 1 amide bonds. The van der Waals surface area contributed by atoms with Crippen molar-refractivity contribution in [3.8, 4) is 17.0 Å². The number of carbonyl (C=O) groups excluding carboxylic acids is 1. The smallest absolute Gasteiger partial charge is 0.226 e. The van der Waals surface area contributed by atoms with Crippen LogP contribution in [-0.4, -0.2) is 23.5 Å². The van der Waals surface area contributed by atoms with Crippen LogP contribution in [-0.2, 0) is 11.2 Å². The number of ether oxygens (including phenoxy) is 1. The molecule has 0 saturated heterocycles. The second kappa shape index (κ2) is 6.53. The minimum Gasteiger partial charge on any atom is -0.493 e. The van der Waals surface area contributed by atoms with E-state index in [1.54, 1.807) is 0 Å². The van der Waals surface area contributed by atoms with E-state index in [-0.39, 0.29) is 11.9 Å². The lowest BCUT2D eigenvalue weighted by molar-refractivity contribution is -0.117. The van der Waals surface area contributed by atoms with Crippen LogP contribution in [0.5, 0.6) is 5.75 Å². The minimum absolute atomic E-state index is 0.0144. The molecule has 126 valence electrons. The second-order valence-corrected chi connectivity index (χ2v) is 7.42. The Bertz CT molecular complexity index is 758. The van der Waals surface area contributed by atoms with Crippen LogP contribution in [0.2, 0.25) is 0 Å². The van der Waals surface area contributed by atoms with Crippen molar-refractivity contribution in [2.45, 2.75) is 38.1 Å². The average molecular weight is 343 g/mol. The first-order valence-electron chi connectivity index (χ1n) is 8.46. The summed E-state index contributed by atoms with van der Waals surface area (Å²) in [5.41, 5.74) is 9.22. The molecular weight excluding hydrogens is 322 g/mol. The van der Waals surface area contributed by atoms with Crippen molar-refractivity contribution in [3.05, 3.63) is 29.1 Å². The van der Waals surface area contributed by atoms with Crippen LogP contribution < -0.4 is 15.8 Å². The predicted molar refractivity (Wildman–Crippen MR) is 95.3 cm³/mol. The molecule has 2 aliphatic rings. The lowest BCUT2D eigenvalue weighted by Gasteiger charge is -2.13. The molecule has 1 saturated carbocycles. The third kappa shape index (κ3) is 3.16. The van der Waals surface area contributed by atoms with Crippen molar-refractivity contribution in [2.75, 3.05) is 11.9 Å². The maximum Gasteiger partial charge on any atom is 0.226 e. The van der Waals surface area contributed by atoms with Crippen molar-refractivity contribution < 1.29 is 9.53 Å². The van der Waals surface area contributed by atoms with Gasteiger partial charge in [0.25, 0.3) is 0 Å². The van der Waals surface area contributed by atoms with E-state index in [1.807, 2.05) is 17.5 Å². The molecule has 3 N–H and O–H groups in total. The highest BCUT2D eigenvalue weighted by atomic mass is 32.1.